The number of carbonyl (C=O) groups is 1. The predicted octanol–water partition coefficient (Wildman–Crippen LogP) is 3.76. The van der Waals surface area contributed by atoms with E-state index in [-0.39, 0.29) is 18.2 Å². The largest absolute Gasteiger partial charge is 0.489 e. The molecule has 0 aliphatic carbocycles. The SMILES string of the molecule is O=C(O)c1cc(-c2ccc(OCc3cccc(F)c3)cc2)no1. The molecule has 0 amide bonds. The summed E-state index contributed by atoms with van der Waals surface area (Å²) in [6, 6.07) is 14.5. The minimum Gasteiger partial charge on any atom is -0.489 e. The Morgan fingerprint density at radius 3 is 2.61 bits per heavy atom. The highest BCUT2D eigenvalue weighted by Crippen LogP contribution is 2.23. The fourth-order valence-electron chi connectivity index (χ4n) is 2.03. The highest BCUT2D eigenvalue weighted by molar-refractivity contribution is 5.85. The first kappa shape index (κ1) is 14.8. The lowest BCUT2D eigenvalue weighted by molar-refractivity contribution is 0.0652. The van der Waals surface area contributed by atoms with Crippen LogP contribution in [0.2, 0.25) is 0 Å². The topological polar surface area (TPSA) is 72.6 Å². The fourth-order valence-corrected chi connectivity index (χ4v) is 2.03. The summed E-state index contributed by atoms with van der Waals surface area (Å²) in [4.78, 5) is 10.8. The number of halogens is 1. The van der Waals surface area contributed by atoms with Crippen molar-refractivity contribution in [2.45, 2.75) is 6.61 Å². The molecule has 0 aliphatic rings. The van der Waals surface area contributed by atoms with Crippen molar-refractivity contribution >= 4 is 5.97 Å². The molecule has 2 aromatic carbocycles. The Bertz CT molecular complexity index is 827. The molecular formula is C17H12FNO4. The summed E-state index contributed by atoms with van der Waals surface area (Å²) in [6.07, 6.45) is 0. The third-order valence-corrected chi connectivity index (χ3v) is 3.17. The van der Waals surface area contributed by atoms with Gasteiger partial charge in [-0.15, -0.1) is 0 Å². The quantitative estimate of drug-likeness (QED) is 0.776. The number of nitrogens with zero attached hydrogens (tertiary/aromatic N) is 1. The van der Waals surface area contributed by atoms with Crippen molar-refractivity contribution in [3.8, 4) is 17.0 Å². The van der Waals surface area contributed by atoms with Gasteiger partial charge in [0.05, 0.1) is 0 Å². The zero-order chi connectivity index (χ0) is 16.2. The van der Waals surface area contributed by atoms with E-state index in [4.69, 9.17) is 14.4 Å². The summed E-state index contributed by atoms with van der Waals surface area (Å²) in [7, 11) is 0. The normalized spacial score (nSPS) is 10.5. The van der Waals surface area contributed by atoms with Crippen LogP contribution in [0.3, 0.4) is 0 Å². The van der Waals surface area contributed by atoms with Crippen LogP contribution in [-0.2, 0) is 6.61 Å². The Kier molecular flexibility index (Phi) is 4.05. The Morgan fingerprint density at radius 2 is 1.96 bits per heavy atom. The summed E-state index contributed by atoms with van der Waals surface area (Å²) in [5, 5.41) is 12.5. The molecule has 0 bridgehead atoms. The minimum atomic E-state index is -1.17. The van der Waals surface area contributed by atoms with E-state index in [0.717, 1.165) is 5.56 Å². The van der Waals surface area contributed by atoms with Crippen molar-refractivity contribution in [1.29, 1.82) is 0 Å². The molecule has 0 radical (unpaired) electrons. The van der Waals surface area contributed by atoms with Crippen LogP contribution in [0.25, 0.3) is 11.3 Å². The summed E-state index contributed by atoms with van der Waals surface area (Å²) in [6.45, 7) is 0.254. The second kappa shape index (κ2) is 6.31. The number of aromatic nitrogens is 1. The summed E-state index contributed by atoms with van der Waals surface area (Å²) >= 11 is 0. The van der Waals surface area contributed by atoms with E-state index in [1.165, 1.54) is 18.2 Å². The molecule has 0 fully saturated rings. The van der Waals surface area contributed by atoms with Crippen LogP contribution in [-0.4, -0.2) is 16.2 Å². The third-order valence-electron chi connectivity index (χ3n) is 3.17. The molecule has 0 unspecified atom stereocenters. The molecule has 23 heavy (non-hydrogen) atoms. The van der Waals surface area contributed by atoms with Gasteiger partial charge in [0, 0.05) is 11.6 Å². The lowest BCUT2D eigenvalue weighted by Gasteiger charge is -2.06. The Morgan fingerprint density at radius 1 is 1.17 bits per heavy atom. The molecule has 1 N–H and O–H groups in total. The predicted molar refractivity (Wildman–Crippen MR) is 79.6 cm³/mol. The molecule has 0 saturated heterocycles. The average Bonchev–Trinajstić information content (AvgIpc) is 3.04. The zero-order valence-electron chi connectivity index (χ0n) is 11.9. The summed E-state index contributed by atoms with van der Waals surface area (Å²) < 4.78 is 23.4. The van der Waals surface area contributed by atoms with Crippen molar-refractivity contribution in [2.75, 3.05) is 0 Å². The molecule has 0 atom stereocenters. The van der Waals surface area contributed by atoms with Gasteiger partial charge in [0.1, 0.15) is 23.9 Å². The highest BCUT2D eigenvalue weighted by Gasteiger charge is 2.12. The van der Waals surface area contributed by atoms with Crippen LogP contribution in [0, 0.1) is 5.82 Å². The molecule has 3 rings (SSSR count). The molecular weight excluding hydrogens is 301 g/mol. The van der Waals surface area contributed by atoms with Crippen LogP contribution in [0.4, 0.5) is 4.39 Å². The van der Waals surface area contributed by atoms with Gasteiger partial charge in [-0.1, -0.05) is 17.3 Å². The second-order valence-electron chi connectivity index (χ2n) is 4.82. The van der Waals surface area contributed by atoms with Gasteiger partial charge in [0.15, 0.2) is 0 Å². The number of carboxylic acid groups (broad SMARTS) is 1. The first-order chi connectivity index (χ1) is 11.1. The molecule has 0 spiro atoms. The molecule has 0 aliphatic heterocycles. The monoisotopic (exact) mass is 313 g/mol. The van der Waals surface area contributed by atoms with Crippen LogP contribution < -0.4 is 4.74 Å². The molecule has 6 heteroatoms. The van der Waals surface area contributed by atoms with Crippen LogP contribution in [0.1, 0.15) is 16.1 Å². The van der Waals surface area contributed by atoms with Crippen LogP contribution in [0.15, 0.2) is 59.1 Å². The third kappa shape index (κ3) is 3.55. The van der Waals surface area contributed by atoms with Gasteiger partial charge in [0.25, 0.3) is 0 Å². The lowest BCUT2D eigenvalue weighted by atomic mass is 10.1. The van der Waals surface area contributed by atoms with E-state index in [1.807, 2.05) is 0 Å². The molecule has 1 aromatic heterocycles. The first-order valence-electron chi connectivity index (χ1n) is 6.79. The van der Waals surface area contributed by atoms with Crippen LogP contribution in [0.5, 0.6) is 5.75 Å². The number of hydrogen-bond donors (Lipinski definition) is 1. The van der Waals surface area contributed by atoms with Gasteiger partial charge in [-0.2, -0.15) is 0 Å². The van der Waals surface area contributed by atoms with E-state index in [9.17, 15) is 9.18 Å². The van der Waals surface area contributed by atoms with Gasteiger partial charge in [-0.05, 0) is 42.0 Å². The molecule has 3 aromatic rings. The first-order valence-corrected chi connectivity index (χ1v) is 6.79. The molecule has 116 valence electrons. The van der Waals surface area contributed by atoms with Crippen molar-refractivity contribution in [3.05, 3.63) is 71.7 Å². The fraction of sp³-hybridized carbons (Fsp3) is 0.0588. The number of carboxylic acids is 1. The van der Waals surface area contributed by atoms with Crippen molar-refractivity contribution < 1.29 is 23.6 Å². The van der Waals surface area contributed by atoms with E-state index < -0.39 is 5.97 Å². The summed E-state index contributed by atoms with van der Waals surface area (Å²) in [5.74, 6) is -1.08. The van der Waals surface area contributed by atoms with Crippen LogP contribution >= 0.6 is 0 Å². The lowest BCUT2D eigenvalue weighted by Crippen LogP contribution is -1.95. The van der Waals surface area contributed by atoms with E-state index in [0.29, 0.717) is 17.0 Å². The van der Waals surface area contributed by atoms with E-state index >= 15 is 0 Å². The number of ether oxygens (including phenoxy) is 1. The zero-order valence-corrected chi connectivity index (χ0v) is 11.9. The van der Waals surface area contributed by atoms with Gasteiger partial charge in [0.2, 0.25) is 5.76 Å². The van der Waals surface area contributed by atoms with E-state index in [1.54, 1.807) is 36.4 Å². The molecule has 0 saturated carbocycles. The van der Waals surface area contributed by atoms with Crippen molar-refractivity contribution in [2.24, 2.45) is 0 Å². The number of benzene rings is 2. The minimum absolute atomic E-state index is 0.216. The number of aromatic carboxylic acids is 1. The van der Waals surface area contributed by atoms with Gasteiger partial charge in [-0.25, -0.2) is 9.18 Å². The smallest absolute Gasteiger partial charge is 0.374 e. The highest BCUT2D eigenvalue weighted by atomic mass is 19.1. The van der Waals surface area contributed by atoms with Gasteiger partial charge < -0.3 is 14.4 Å². The Hall–Kier alpha value is -3.15. The standard InChI is InChI=1S/C17H12FNO4/c18-13-3-1-2-11(8-13)10-22-14-6-4-12(5-7-14)15-9-16(17(20)21)23-19-15/h1-9H,10H2,(H,20,21). The average molecular weight is 313 g/mol. The maximum Gasteiger partial charge on any atom is 0.374 e. The van der Waals surface area contributed by atoms with Crippen molar-refractivity contribution in [1.82, 2.24) is 5.16 Å². The Labute approximate surface area is 130 Å². The number of rotatable bonds is 5. The molecule has 1 heterocycles. The van der Waals surface area contributed by atoms with Gasteiger partial charge >= 0.3 is 5.97 Å². The number of hydrogen-bond acceptors (Lipinski definition) is 4. The molecule has 5 nitrogen and oxygen atoms in total. The maximum atomic E-state index is 13.1. The van der Waals surface area contributed by atoms with Gasteiger partial charge in [-0.3, -0.25) is 0 Å². The maximum absolute atomic E-state index is 13.1. The summed E-state index contributed by atoms with van der Waals surface area (Å²) in [5.41, 5.74) is 1.87. The second-order valence-corrected chi connectivity index (χ2v) is 4.82. The van der Waals surface area contributed by atoms with E-state index in [2.05, 4.69) is 5.16 Å². The Balaban J connectivity index is 1.68. The van der Waals surface area contributed by atoms with Crippen molar-refractivity contribution in [3.63, 3.8) is 0 Å².